The van der Waals surface area contributed by atoms with E-state index in [9.17, 15) is 26.8 Å². The zero-order valence-corrected chi connectivity index (χ0v) is 18.7. The van der Waals surface area contributed by atoms with Crippen LogP contribution in [0.5, 0.6) is 0 Å². The minimum Gasteiger partial charge on any atom is -0.449 e. The summed E-state index contributed by atoms with van der Waals surface area (Å²) in [6, 6.07) is 6.27. The van der Waals surface area contributed by atoms with Gasteiger partial charge < -0.3 is 10.1 Å². The van der Waals surface area contributed by atoms with Crippen molar-refractivity contribution in [3.63, 3.8) is 0 Å². The Kier molecular flexibility index (Phi) is 7.47. The highest BCUT2D eigenvalue weighted by molar-refractivity contribution is 7.89. The minimum atomic E-state index is -3.90. The highest BCUT2D eigenvalue weighted by Gasteiger charge is 2.29. The largest absolute Gasteiger partial charge is 0.449 e. The van der Waals surface area contributed by atoms with E-state index in [1.807, 2.05) is 0 Å². The second-order valence-electron chi connectivity index (χ2n) is 7.27. The first kappa shape index (κ1) is 24.1. The van der Waals surface area contributed by atoms with Crippen molar-refractivity contribution in [2.75, 3.05) is 18.4 Å². The zero-order valence-electron chi connectivity index (χ0n) is 17.1. The summed E-state index contributed by atoms with van der Waals surface area (Å²) in [7, 11) is -3.90. The summed E-state index contributed by atoms with van der Waals surface area (Å²) in [5, 5.41) is 2.16. The van der Waals surface area contributed by atoms with Gasteiger partial charge in [-0.3, -0.25) is 4.79 Å². The molecular formula is C21H21ClF2N2O5S. The molecule has 3 rings (SSSR count). The predicted octanol–water partition coefficient (Wildman–Crippen LogP) is 3.98. The molecule has 1 amide bonds. The molecule has 1 fully saturated rings. The van der Waals surface area contributed by atoms with Gasteiger partial charge in [-0.15, -0.1) is 0 Å². The molecular weight excluding hydrogens is 466 g/mol. The predicted molar refractivity (Wildman–Crippen MR) is 114 cm³/mol. The summed E-state index contributed by atoms with van der Waals surface area (Å²) in [5.41, 5.74) is -0.390. The zero-order chi connectivity index (χ0) is 23.5. The number of esters is 1. The van der Waals surface area contributed by atoms with Gasteiger partial charge in [0.2, 0.25) is 10.0 Å². The van der Waals surface area contributed by atoms with Crippen LogP contribution in [0.2, 0.25) is 5.02 Å². The fraction of sp³-hybridized carbons (Fsp3) is 0.333. The molecule has 0 bridgehead atoms. The van der Waals surface area contributed by atoms with Crippen LogP contribution in [-0.4, -0.2) is 43.8 Å². The van der Waals surface area contributed by atoms with Crippen LogP contribution in [0.15, 0.2) is 41.3 Å². The molecule has 0 radical (unpaired) electrons. The van der Waals surface area contributed by atoms with E-state index >= 15 is 0 Å². The van der Waals surface area contributed by atoms with Gasteiger partial charge in [0.1, 0.15) is 16.5 Å². The van der Waals surface area contributed by atoms with Crippen LogP contribution in [0.4, 0.5) is 14.5 Å². The average Bonchev–Trinajstić information content (AvgIpc) is 2.76. The number of carbonyl (C=O) groups excluding carboxylic acids is 2. The van der Waals surface area contributed by atoms with Gasteiger partial charge >= 0.3 is 5.97 Å². The summed E-state index contributed by atoms with van der Waals surface area (Å²) in [6.07, 6.45) is 1.07. The number of rotatable bonds is 6. The van der Waals surface area contributed by atoms with E-state index in [4.69, 9.17) is 16.3 Å². The minimum absolute atomic E-state index is 0.0373. The Balaban J connectivity index is 1.73. The maximum Gasteiger partial charge on any atom is 0.338 e. The number of carbonyl (C=O) groups is 2. The molecule has 1 aliphatic rings. The molecule has 0 saturated carbocycles. The molecule has 2 aromatic rings. The van der Waals surface area contributed by atoms with E-state index in [-0.39, 0.29) is 21.2 Å². The standard InChI is InChI=1S/C21H21ClF2N2O5S/c1-13(20(27)25-18-8-6-15(23)12-17(18)24)31-21(28)14-5-7-16(22)19(11-14)32(29,30)26-9-3-2-4-10-26/h5-8,11-13H,2-4,9-10H2,1H3,(H,25,27). The van der Waals surface area contributed by atoms with E-state index < -0.39 is 39.6 Å². The molecule has 11 heteroatoms. The Labute approximate surface area is 189 Å². The third kappa shape index (κ3) is 5.43. The number of piperidine rings is 1. The first-order valence-corrected chi connectivity index (χ1v) is 11.7. The third-order valence-corrected chi connectivity index (χ3v) is 7.32. The van der Waals surface area contributed by atoms with E-state index in [0.717, 1.165) is 37.5 Å². The van der Waals surface area contributed by atoms with E-state index in [0.29, 0.717) is 19.2 Å². The normalized spacial score (nSPS) is 15.8. The number of ether oxygens (including phenoxy) is 1. The van der Waals surface area contributed by atoms with Gasteiger partial charge in [-0.05, 0) is 50.1 Å². The number of amides is 1. The molecule has 0 aliphatic carbocycles. The Morgan fingerprint density at radius 1 is 1.09 bits per heavy atom. The van der Waals surface area contributed by atoms with Crippen LogP contribution in [0.3, 0.4) is 0 Å². The van der Waals surface area contributed by atoms with Crippen molar-refractivity contribution in [3.05, 3.63) is 58.6 Å². The maximum absolute atomic E-state index is 13.7. The van der Waals surface area contributed by atoms with Crippen LogP contribution >= 0.6 is 11.6 Å². The van der Waals surface area contributed by atoms with Crippen LogP contribution in [0, 0.1) is 11.6 Å². The number of halogens is 3. The van der Waals surface area contributed by atoms with Crippen LogP contribution in [-0.2, 0) is 19.6 Å². The lowest BCUT2D eigenvalue weighted by molar-refractivity contribution is -0.123. The van der Waals surface area contributed by atoms with Crippen molar-refractivity contribution in [2.45, 2.75) is 37.2 Å². The Bertz CT molecular complexity index is 1140. The number of nitrogens with one attached hydrogen (secondary N) is 1. The number of hydrogen-bond donors (Lipinski definition) is 1. The van der Waals surface area contributed by atoms with E-state index in [2.05, 4.69) is 5.32 Å². The Morgan fingerprint density at radius 2 is 1.78 bits per heavy atom. The lowest BCUT2D eigenvalue weighted by Gasteiger charge is -2.26. The molecule has 0 spiro atoms. The average molecular weight is 487 g/mol. The quantitative estimate of drug-likeness (QED) is 0.623. The van der Waals surface area contributed by atoms with Gasteiger partial charge in [0.05, 0.1) is 16.3 Å². The van der Waals surface area contributed by atoms with Crippen molar-refractivity contribution in [1.82, 2.24) is 4.31 Å². The van der Waals surface area contributed by atoms with Crippen molar-refractivity contribution in [2.24, 2.45) is 0 Å². The number of nitrogens with zero attached hydrogens (tertiary/aromatic N) is 1. The molecule has 1 aliphatic heterocycles. The molecule has 1 heterocycles. The molecule has 0 aromatic heterocycles. The van der Waals surface area contributed by atoms with Gasteiger partial charge in [0.25, 0.3) is 5.91 Å². The highest BCUT2D eigenvalue weighted by Crippen LogP contribution is 2.28. The maximum atomic E-state index is 13.7. The Hall–Kier alpha value is -2.56. The second kappa shape index (κ2) is 9.93. The first-order valence-electron chi connectivity index (χ1n) is 9.86. The fourth-order valence-corrected chi connectivity index (χ4v) is 5.20. The van der Waals surface area contributed by atoms with Crippen molar-refractivity contribution in [1.29, 1.82) is 0 Å². The molecule has 32 heavy (non-hydrogen) atoms. The molecule has 2 aromatic carbocycles. The van der Waals surface area contributed by atoms with Crippen molar-refractivity contribution < 1.29 is 31.5 Å². The molecule has 7 nitrogen and oxygen atoms in total. The molecule has 1 atom stereocenters. The molecule has 172 valence electrons. The SMILES string of the molecule is CC(OC(=O)c1ccc(Cl)c(S(=O)(=O)N2CCCCC2)c1)C(=O)Nc1ccc(F)cc1F. The lowest BCUT2D eigenvalue weighted by Crippen LogP contribution is -2.36. The number of sulfonamides is 1. The number of benzene rings is 2. The number of hydrogen-bond acceptors (Lipinski definition) is 5. The molecule has 1 saturated heterocycles. The summed E-state index contributed by atoms with van der Waals surface area (Å²) in [6.45, 7) is 1.99. The number of anilines is 1. The summed E-state index contributed by atoms with van der Waals surface area (Å²) >= 11 is 6.09. The van der Waals surface area contributed by atoms with Crippen LogP contribution in [0.1, 0.15) is 36.5 Å². The molecule has 1 N–H and O–H groups in total. The van der Waals surface area contributed by atoms with Gasteiger partial charge in [-0.1, -0.05) is 18.0 Å². The topological polar surface area (TPSA) is 92.8 Å². The van der Waals surface area contributed by atoms with Crippen molar-refractivity contribution >= 4 is 39.2 Å². The van der Waals surface area contributed by atoms with Crippen molar-refractivity contribution in [3.8, 4) is 0 Å². The van der Waals surface area contributed by atoms with Gasteiger partial charge in [-0.2, -0.15) is 4.31 Å². The fourth-order valence-electron chi connectivity index (χ4n) is 3.18. The van der Waals surface area contributed by atoms with Gasteiger partial charge in [0, 0.05) is 19.2 Å². The summed E-state index contributed by atoms with van der Waals surface area (Å²) in [5.74, 6) is -3.60. The van der Waals surface area contributed by atoms with Crippen LogP contribution < -0.4 is 5.32 Å². The summed E-state index contributed by atoms with van der Waals surface area (Å²) in [4.78, 5) is 24.5. The van der Waals surface area contributed by atoms with E-state index in [1.165, 1.54) is 23.4 Å². The van der Waals surface area contributed by atoms with Crippen LogP contribution in [0.25, 0.3) is 0 Å². The first-order chi connectivity index (χ1) is 15.1. The third-order valence-electron chi connectivity index (χ3n) is 4.94. The summed E-state index contributed by atoms with van der Waals surface area (Å²) < 4.78 is 59.0. The second-order valence-corrected chi connectivity index (χ2v) is 9.58. The molecule has 1 unspecified atom stereocenters. The Morgan fingerprint density at radius 3 is 2.44 bits per heavy atom. The lowest BCUT2D eigenvalue weighted by atomic mass is 10.2. The van der Waals surface area contributed by atoms with Gasteiger partial charge in [-0.25, -0.2) is 22.0 Å². The monoisotopic (exact) mass is 486 g/mol. The van der Waals surface area contributed by atoms with Gasteiger partial charge in [0.15, 0.2) is 6.10 Å². The van der Waals surface area contributed by atoms with E-state index in [1.54, 1.807) is 0 Å². The highest BCUT2D eigenvalue weighted by atomic mass is 35.5. The smallest absolute Gasteiger partial charge is 0.338 e.